The number of carbonyl (C=O) groups is 3. The summed E-state index contributed by atoms with van der Waals surface area (Å²) >= 11 is 0. The fraction of sp³-hybridized carbons (Fsp3) is 0.417. The normalized spacial score (nSPS) is 11.7. The lowest BCUT2D eigenvalue weighted by Gasteiger charge is -2.26. The van der Waals surface area contributed by atoms with Gasteiger partial charge in [0.05, 0.1) is 22.5 Å². The molecule has 0 unspecified atom stereocenters. The first-order valence-corrected chi connectivity index (χ1v) is 14.6. The standard InChI is InChI=1S/C36H46O8/c1-11-16-26-30(40-22-42-33(38)35(5,6)7)27(17-12-2)32(44-24(3)4)28(20-21-29(37)25-18-14-13-15-19-25)31(26)41-23-43-34(39)36(8,9)10/h11-15,18-21,24H,1-2,16-17,22-23H2,3-10H3. The Bertz CT molecular complexity index is 1360. The molecular formula is C36H46O8. The molecule has 0 amide bonds. The third-order valence-corrected chi connectivity index (χ3v) is 6.11. The van der Waals surface area contributed by atoms with E-state index in [9.17, 15) is 14.4 Å². The summed E-state index contributed by atoms with van der Waals surface area (Å²) in [6, 6.07) is 8.86. The summed E-state index contributed by atoms with van der Waals surface area (Å²) in [7, 11) is 0. The minimum atomic E-state index is -0.747. The summed E-state index contributed by atoms with van der Waals surface area (Å²) < 4.78 is 29.5. The average Bonchev–Trinajstić information content (AvgIpc) is 2.94. The molecule has 0 N–H and O–H groups in total. The lowest BCUT2D eigenvalue weighted by Crippen LogP contribution is -2.25. The van der Waals surface area contributed by atoms with Crippen LogP contribution in [-0.4, -0.2) is 37.4 Å². The summed E-state index contributed by atoms with van der Waals surface area (Å²) in [6.07, 6.45) is 6.73. The number of carbonyl (C=O) groups excluding carboxylic acids is 3. The van der Waals surface area contributed by atoms with Crippen LogP contribution in [0.5, 0.6) is 17.2 Å². The van der Waals surface area contributed by atoms with Gasteiger partial charge >= 0.3 is 11.9 Å². The van der Waals surface area contributed by atoms with Crippen molar-refractivity contribution in [3.05, 3.63) is 84.0 Å². The molecule has 0 aliphatic heterocycles. The Morgan fingerprint density at radius 1 is 0.750 bits per heavy atom. The van der Waals surface area contributed by atoms with Gasteiger partial charge in [-0.2, -0.15) is 0 Å². The van der Waals surface area contributed by atoms with Crippen LogP contribution in [0.1, 0.15) is 82.4 Å². The van der Waals surface area contributed by atoms with Crippen molar-refractivity contribution in [2.45, 2.75) is 74.3 Å². The molecule has 2 aromatic carbocycles. The fourth-order valence-electron chi connectivity index (χ4n) is 3.91. The molecule has 0 saturated heterocycles. The third-order valence-electron chi connectivity index (χ3n) is 6.11. The number of allylic oxidation sites excluding steroid dienone is 3. The fourth-order valence-corrected chi connectivity index (χ4v) is 3.91. The molecule has 0 saturated carbocycles. The number of ketones is 1. The van der Waals surface area contributed by atoms with Crippen LogP contribution in [0, 0.1) is 10.8 Å². The zero-order valence-electron chi connectivity index (χ0n) is 27.3. The Morgan fingerprint density at radius 3 is 1.68 bits per heavy atom. The average molecular weight is 607 g/mol. The monoisotopic (exact) mass is 606 g/mol. The number of benzene rings is 2. The first-order chi connectivity index (χ1) is 20.6. The zero-order valence-corrected chi connectivity index (χ0v) is 27.3. The van der Waals surface area contributed by atoms with Gasteiger partial charge in [-0.15, -0.1) is 13.2 Å². The maximum atomic E-state index is 13.1. The Hall–Kier alpha value is -4.33. The molecule has 238 valence electrons. The second kappa shape index (κ2) is 15.9. The summed E-state index contributed by atoms with van der Waals surface area (Å²) in [5, 5.41) is 0. The predicted molar refractivity (Wildman–Crippen MR) is 172 cm³/mol. The highest BCUT2D eigenvalue weighted by atomic mass is 16.7. The summed E-state index contributed by atoms with van der Waals surface area (Å²) in [4.78, 5) is 38.1. The van der Waals surface area contributed by atoms with Crippen molar-refractivity contribution in [1.82, 2.24) is 0 Å². The lowest BCUT2D eigenvalue weighted by atomic mass is 9.95. The van der Waals surface area contributed by atoms with Crippen LogP contribution >= 0.6 is 0 Å². The number of ether oxygens (including phenoxy) is 5. The largest absolute Gasteiger partial charge is 0.490 e. The van der Waals surface area contributed by atoms with Crippen molar-refractivity contribution in [2.24, 2.45) is 10.8 Å². The molecule has 0 spiro atoms. The molecule has 0 radical (unpaired) electrons. The highest BCUT2D eigenvalue weighted by Gasteiger charge is 2.29. The van der Waals surface area contributed by atoms with E-state index in [0.29, 0.717) is 40.2 Å². The molecule has 8 nitrogen and oxygen atoms in total. The van der Waals surface area contributed by atoms with E-state index in [2.05, 4.69) is 13.2 Å². The minimum absolute atomic E-state index is 0.226. The molecule has 0 aliphatic rings. The second-order valence-electron chi connectivity index (χ2n) is 12.5. The maximum Gasteiger partial charge on any atom is 0.314 e. The van der Waals surface area contributed by atoms with Crippen LogP contribution in [0.4, 0.5) is 0 Å². The van der Waals surface area contributed by atoms with E-state index in [1.807, 2.05) is 19.9 Å². The van der Waals surface area contributed by atoms with Crippen LogP contribution in [-0.2, 0) is 31.9 Å². The van der Waals surface area contributed by atoms with Crippen LogP contribution in [0.15, 0.2) is 61.7 Å². The van der Waals surface area contributed by atoms with E-state index in [1.54, 1.807) is 84.0 Å². The molecule has 8 heteroatoms. The molecule has 2 rings (SSSR count). The Labute approximate surface area is 261 Å². The molecule has 0 heterocycles. The summed E-state index contributed by atoms with van der Waals surface area (Å²) in [6.45, 7) is 21.3. The van der Waals surface area contributed by atoms with Crippen LogP contribution in [0.2, 0.25) is 0 Å². The number of rotatable bonds is 15. The van der Waals surface area contributed by atoms with E-state index < -0.39 is 29.6 Å². The number of hydrogen-bond acceptors (Lipinski definition) is 8. The van der Waals surface area contributed by atoms with Crippen molar-refractivity contribution >= 4 is 23.8 Å². The molecule has 0 bridgehead atoms. The molecule has 0 aliphatic carbocycles. The quantitative estimate of drug-likeness (QED) is 0.0670. The van der Waals surface area contributed by atoms with E-state index in [1.165, 1.54) is 6.08 Å². The molecule has 0 aromatic heterocycles. The topological polar surface area (TPSA) is 97.4 Å². The van der Waals surface area contributed by atoms with Crippen molar-refractivity contribution < 1.29 is 38.1 Å². The van der Waals surface area contributed by atoms with Gasteiger partial charge in [-0.25, -0.2) is 0 Å². The smallest absolute Gasteiger partial charge is 0.314 e. The van der Waals surface area contributed by atoms with Crippen LogP contribution in [0.3, 0.4) is 0 Å². The number of esters is 2. The number of hydrogen-bond donors (Lipinski definition) is 0. The van der Waals surface area contributed by atoms with Gasteiger partial charge in [0.15, 0.2) is 5.78 Å². The van der Waals surface area contributed by atoms with Gasteiger partial charge in [-0.3, -0.25) is 14.4 Å². The molecule has 0 fully saturated rings. The van der Waals surface area contributed by atoms with E-state index in [0.717, 1.165) is 0 Å². The molecular weight excluding hydrogens is 560 g/mol. The van der Waals surface area contributed by atoms with Gasteiger partial charge in [0.25, 0.3) is 0 Å². The predicted octanol–water partition coefficient (Wildman–Crippen LogP) is 7.68. The van der Waals surface area contributed by atoms with Crippen molar-refractivity contribution in [1.29, 1.82) is 0 Å². The maximum absolute atomic E-state index is 13.1. The first kappa shape index (κ1) is 35.9. The van der Waals surface area contributed by atoms with Gasteiger partial charge in [-0.1, -0.05) is 42.5 Å². The Balaban J connectivity index is 2.81. The lowest BCUT2D eigenvalue weighted by molar-refractivity contribution is -0.160. The summed E-state index contributed by atoms with van der Waals surface area (Å²) in [5.74, 6) is -0.103. The van der Waals surface area contributed by atoms with Gasteiger partial charge in [0, 0.05) is 16.7 Å². The SMILES string of the molecule is C=CCc1c(OCOC(=O)C(C)(C)C)c(C=CC(=O)c2ccccc2)c(OC(C)C)c(CC=C)c1OCOC(=O)C(C)(C)C. The first-order valence-electron chi connectivity index (χ1n) is 14.6. The summed E-state index contributed by atoms with van der Waals surface area (Å²) in [5.41, 5.74) is 0.635. The molecule has 2 aromatic rings. The third kappa shape index (κ3) is 10.1. The van der Waals surface area contributed by atoms with Gasteiger partial charge < -0.3 is 23.7 Å². The van der Waals surface area contributed by atoms with Gasteiger partial charge in [0.2, 0.25) is 13.6 Å². The van der Waals surface area contributed by atoms with Gasteiger partial charge in [0.1, 0.15) is 17.2 Å². The van der Waals surface area contributed by atoms with Crippen molar-refractivity contribution in [3.8, 4) is 17.2 Å². The van der Waals surface area contributed by atoms with E-state index in [4.69, 9.17) is 23.7 Å². The highest BCUT2D eigenvalue weighted by Crippen LogP contribution is 2.46. The highest BCUT2D eigenvalue weighted by molar-refractivity contribution is 6.07. The second-order valence-corrected chi connectivity index (χ2v) is 12.5. The zero-order chi connectivity index (χ0) is 33.1. The van der Waals surface area contributed by atoms with Crippen LogP contribution < -0.4 is 14.2 Å². The van der Waals surface area contributed by atoms with Crippen molar-refractivity contribution in [2.75, 3.05) is 13.6 Å². The Morgan fingerprint density at radius 2 is 1.23 bits per heavy atom. The van der Waals surface area contributed by atoms with E-state index >= 15 is 0 Å². The van der Waals surface area contributed by atoms with Crippen LogP contribution in [0.25, 0.3) is 6.08 Å². The van der Waals surface area contributed by atoms with E-state index in [-0.39, 0.29) is 30.9 Å². The minimum Gasteiger partial charge on any atom is -0.490 e. The molecule has 0 atom stereocenters. The van der Waals surface area contributed by atoms with Gasteiger partial charge in [-0.05, 0) is 80.4 Å². The van der Waals surface area contributed by atoms with Crippen molar-refractivity contribution in [3.63, 3.8) is 0 Å². The Kier molecular flexibility index (Phi) is 13.0. The molecule has 44 heavy (non-hydrogen) atoms.